The van der Waals surface area contributed by atoms with Gasteiger partial charge in [0.1, 0.15) is 11.9 Å². The molecule has 7 heteroatoms. The maximum atomic E-state index is 12.4. The molecule has 0 saturated carbocycles. The first-order chi connectivity index (χ1) is 14.1. The van der Waals surface area contributed by atoms with Crippen LogP contribution in [0.5, 0.6) is 5.75 Å². The largest absolute Gasteiger partial charge is 0.485 e. The van der Waals surface area contributed by atoms with Crippen LogP contribution >= 0.6 is 0 Å². The molecular weight excluding hydrogens is 370 g/mol. The molecule has 0 aromatic heterocycles. The van der Waals surface area contributed by atoms with Crippen LogP contribution in [-0.2, 0) is 0 Å². The van der Waals surface area contributed by atoms with Gasteiger partial charge in [0.25, 0.3) is 11.6 Å². The highest BCUT2D eigenvalue weighted by atomic mass is 16.6. The molecule has 1 amide bonds. The number of nitrogens with one attached hydrogen (secondary N) is 1. The van der Waals surface area contributed by atoms with Crippen LogP contribution in [0.4, 0.5) is 5.69 Å². The lowest BCUT2D eigenvalue weighted by Crippen LogP contribution is -2.25. The molecule has 0 radical (unpaired) electrons. The number of amides is 1. The van der Waals surface area contributed by atoms with Crippen LogP contribution in [-0.4, -0.2) is 16.5 Å². The van der Waals surface area contributed by atoms with Gasteiger partial charge in [-0.25, -0.2) is 5.43 Å². The maximum absolute atomic E-state index is 12.4. The summed E-state index contributed by atoms with van der Waals surface area (Å²) in [5, 5.41) is 15.1. The molecule has 0 bridgehead atoms. The zero-order valence-corrected chi connectivity index (χ0v) is 15.3. The number of fused-ring (bicyclic) bond motifs is 1. The number of rotatable bonds is 4. The molecule has 1 aliphatic heterocycles. The van der Waals surface area contributed by atoms with Crippen molar-refractivity contribution in [3.63, 3.8) is 0 Å². The molecule has 144 valence electrons. The summed E-state index contributed by atoms with van der Waals surface area (Å²) >= 11 is 0. The Bertz CT molecular complexity index is 1080. The number of nitrogens with zero attached hydrogens (tertiary/aromatic N) is 2. The molecule has 1 atom stereocenters. The van der Waals surface area contributed by atoms with E-state index in [1.165, 1.54) is 24.3 Å². The Morgan fingerprint density at radius 2 is 1.69 bits per heavy atom. The van der Waals surface area contributed by atoms with Crippen molar-refractivity contribution in [3.8, 4) is 5.75 Å². The molecule has 0 aliphatic carbocycles. The molecule has 1 unspecified atom stereocenters. The standard InChI is InChI=1S/C22H17N3O4/c26-22(16-10-12-17(13-11-16)25(27)28)24-23-19-14-21(15-6-2-1-3-7-15)29-20-9-5-4-8-18(19)20/h1-13,21H,14H2,(H,24,26). The predicted molar refractivity (Wildman–Crippen MR) is 108 cm³/mol. The van der Waals surface area contributed by atoms with Crippen LogP contribution < -0.4 is 10.2 Å². The van der Waals surface area contributed by atoms with Gasteiger partial charge in [-0.05, 0) is 29.8 Å². The van der Waals surface area contributed by atoms with Gasteiger partial charge in [0.15, 0.2) is 0 Å². The number of hydrazone groups is 1. The smallest absolute Gasteiger partial charge is 0.271 e. The molecule has 7 nitrogen and oxygen atoms in total. The van der Waals surface area contributed by atoms with Crippen LogP contribution in [0.2, 0.25) is 0 Å². The number of carbonyl (C=O) groups excluding carboxylic acids is 1. The minimum absolute atomic E-state index is 0.0723. The Kier molecular flexibility index (Phi) is 5.03. The highest BCUT2D eigenvalue weighted by Gasteiger charge is 2.26. The fourth-order valence-electron chi connectivity index (χ4n) is 3.17. The first-order valence-corrected chi connectivity index (χ1v) is 9.04. The number of hydrogen-bond acceptors (Lipinski definition) is 5. The fraction of sp³-hybridized carbons (Fsp3) is 0.0909. The SMILES string of the molecule is O=C(NN=C1CC(c2ccccc2)Oc2ccccc21)c1ccc([N+](=O)[O-])cc1. The second-order valence-electron chi connectivity index (χ2n) is 6.52. The normalized spacial score (nSPS) is 16.6. The van der Waals surface area contributed by atoms with Crippen LogP contribution in [0.15, 0.2) is 84.0 Å². The van der Waals surface area contributed by atoms with Crippen molar-refractivity contribution in [2.75, 3.05) is 0 Å². The van der Waals surface area contributed by atoms with Gasteiger partial charge in [0.05, 0.1) is 10.6 Å². The molecule has 29 heavy (non-hydrogen) atoms. The maximum Gasteiger partial charge on any atom is 0.271 e. The number of carbonyl (C=O) groups is 1. The Balaban J connectivity index is 1.58. The summed E-state index contributed by atoms with van der Waals surface area (Å²) < 4.78 is 6.12. The molecule has 3 aromatic rings. The highest BCUT2D eigenvalue weighted by molar-refractivity contribution is 6.05. The Morgan fingerprint density at radius 3 is 2.41 bits per heavy atom. The molecule has 1 N–H and O–H groups in total. The topological polar surface area (TPSA) is 93.8 Å². The number of benzene rings is 3. The van der Waals surface area contributed by atoms with Gasteiger partial charge in [0.2, 0.25) is 0 Å². The Labute approximate surface area is 166 Å². The molecule has 4 rings (SSSR count). The van der Waals surface area contributed by atoms with E-state index in [0.717, 1.165) is 11.1 Å². The average Bonchev–Trinajstić information content (AvgIpc) is 2.77. The van der Waals surface area contributed by atoms with Crippen LogP contribution in [0.25, 0.3) is 0 Å². The minimum Gasteiger partial charge on any atom is -0.485 e. The van der Waals surface area contributed by atoms with Crippen LogP contribution in [0.1, 0.15) is 34.0 Å². The van der Waals surface area contributed by atoms with Crippen molar-refractivity contribution in [1.82, 2.24) is 5.43 Å². The zero-order valence-electron chi connectivity index (χ0n) is 15.3. The third-order valence-corrected chi connectivity index (χ3v) is 4.65. The monoisotopic (exact) mass is 387 g/mol. The van der Waals surface area contributed by atoms with Crippen LogP contribution in [0, 0.1) is 10.1 Å². The third-order valence-electron chi connectivity index (χ3n) is 4.65. The van der Waals surface area contributed by atoms with Crippen LogP contribution in [0.3, 0.4) is 0 Å². The first kappa shape index (κ1) is 18.4. The first-order valence-electron chi connectivity index (χ1n) is 9.04. The van der Waals surface area contributed by atoms with Crippen molar-refractivity contribution < 1.29 is 14.5 Å². The number of ether oxygens (including phenoxy) is 1. The summed E-state index contributed by atoms with van der Waals surface area (Å²) in [6.07, 6.45) is 0.294. The van der Waals surface area contributed by atoms with E-state index in [0.29, 0.717) is 23.4 Å². The second kappa shape index (κ2) is 7.93. The molecule has 1 aliphatic rings. The van der Waals surface area contributed by atoms with Crippen molar-refractivity contribution in [2.45, 2.75) is 12.5 Å². The van der Waals surface area contributed by atoms with E-state index in [9.17, 15) is 14.9 Å². The van der Waals surface area contributed by atoms with Crippen molar-refractivity contribution >= 4 is 17.3 Å². The van der Waals surface area contributed by atoms with E-state index < -0.39 is 10.8 Å². The van der Waals surface area contributed by atoms with E-state index in [4.69, 9.17) is 4.74 Å². The number of para-hydroxylation sites is 1. The van der Waals surface area contributed by atoms with E-state index >= 15 is 0 Å². The number of non-ortho nitro benzene ring substituents is 1. The highest BCUT2D eigenvalue weighted by Crippen LogP contribution is 2.34. The minimum atomic E-state index is -0.509. The van der Waals surface area contributed by atoms with Gasteiger partial charge in [-0.2, -0.15) is 5.10 Å². The lowest BCUT2D eigenvalue weighted by atomic mass is 9.96. The molecule has 3 aromatic carbocycles. The van der Waals surface area contributed by atoms with Gasteiger partial charge >= 0.3 is 0 Å². The lowest BCUT2D eigenvalue weighted by Gasteiger charge is -2.27. The number of hydrogen-bond donors (Lipinski definition) is 1. The average molecular weight is 387 g/mol. The summed E-state index contributed by atoms with van der Waals surface area (Å²) in [6, 6.07) is 22.8. The van der Waals surface area contributed by atoms with Gasteiger partial charge in [0, 0.05) is 29.7 Å². The third kappa shape index (κ3) is 3.98. The summed E-state index contributed by atoms with van der Waals surface area (Å²) in [6.45, 7) is 0. The van der Waals surface area contributed by atoms with Crippen molar-refractivity contribution in [1.29, 1.82) is 0 Å². The molecular formula is C22H17N3O4. The summed E-state index contributed by atoms with van der Waals surface area (Å²) in [4.78, 5) is 22.7. The van der Waals surface area contributed by atoms with Gasteiger partial charge in [-0.3, -0.25) is 14.9 Å². The molecule has 0 fully saturated rings. The quantitative estimate of drug-likeness (QED) is 0.535. The van der Waals surface area contributed by atoms with E-state index in [1.54, 1.807) is 0 Å². The summed E-state index contributed by atoms with van der Waals surface area (Å²) in [5.41, 5.74) is 5.33. The van der Waals surface area contributed by atoms with Gasteiger partial charge < -0.3 is 4.74 Å². The molecule has 1 heterocycles. The second-order valence-corrected chi connectivity index (χ2v) is 6.52. The van der Waals surface area contributed by atoms with E-state index in [2.05, 4.69) is 10.5 Å². The van der Waals surface area contributed by atoms with Gasteiger partial charge in [-0.15, -0.1) is 0 Å². The summed E-state index contributed by atoms with van der Waals surface area (Å²) in [5.74, 6) is 0.267. The molecule has 0 spiro atoms. The Morgan fingerprint density at radius 1 is 1.00 bits per heavy atom. The fourth-order valence-corrected chi connectivity index (χ4v) is 3.17. The van der Waals surface area contributed by atoms with Crippen molar-refractivity contribution in [3.05, 3.63) is 106 Å². The number of nitro groups is 1. The zero-order chi connectivity index (χ0) is 20.2. The number of nitro benzene ring substituents is 1. The van der Waals surface area contributed by atoms with E-state index in [1.807, 2.05) is 54.6 Å². The predicted octanol–water partition coefficient (Wildman–Crippen LogP) is 4.25. The Hall–Kier alpha value is -4.00. The molecule has 0 saturated heterocycles. The van der Waals surface area contributed by atoms with E-state index in [-0.39, 0.29) is 11.8 Å². The van der Waals surface area contributed by atoms with Gasteiger partial charge in [-0.1, -0.05) is 42.5 Å². The lowest BCUT2D eigenvalue weighted by molar-refractivity contribution is -0.384. The summed E-state index contributed by atoms with van der Waals surface area (Å²) in [7, 11) is 0. The van der Waals surface area contributed by atoms with Crippen molar-refractivity contribution in [2.24, 2.45) is 5.10 Å².